The zero-order valence-electron chi connectivity index (χ0n) is 13.3. The number of H-pyrrole nitrogens is 1. The fraction of sp³-hybridized carbons (Fsp3) is 0.316. The Morgan fingerprint density at radius 2 is 1.77 bits per heavy atom. The highest BCUT2D eigenvalue weighted by Gasteiger charge is 2.20. The molecular formula is C19H23N2O+. The van der Waals surface area contributed by atoms with E-state index in [1.54, 1.807) is 0 Å². The molecule has 1 unspecified atom stereocenters. The van der Waals surface area contributed by atoms with Crippen LogP contribution in [0.3, 0.4) is 0 Å². The van der Waals surface area contributed by atoms with Crippen molar-refractivity contribution in [3.8, 4) is 5.75 Å². The fourth-order valence-corrected chi connectivity index (χ4v) is 2.61. The summed E-state index contributed by atoms with van der Waals surface area (Å²) >= 11 is 0. The van der Waals surface area contributed by atoms with Gasteiger partial charge >= 0.3 is 0 Å². The minimum Gasteiger partial charge on any atom is -0.481 e. The molecular weight excluding hydrogens is 272 g/mol. The molecule has 2 aromatic carbocycles. The van der Waals surface area contributed by atoms with Gasteiger partial charge in [0.15, 0.2) is 17.6 Å². The number of nitrogens with one attached hydrogen (secondary N) is 1. The highest BCUT2D eigenvalue weighted by atomic mass is 16.5. The van der Waals surface area contributed by atoms with Crippen molar-refractivity contribution < 1.29 is 9.30 Å². The van der Waals surface area contributed by atoms with Crippen LogP contribution in [0.15, 0.2) is 54.6 Å². The third kappa shape index (κ3) is 3.14. The molecule has 0 saturated heterocycles. The molecule has 0 aliphatic carbocycles. The molecule has 0 fully saturated rings. The van der Waals surface area contributed by atoms with Gasteiger partial charge < -0.3 is 4.74 Å². The van der Waals surface area contributed by atoms with Crippen molar-refractivity contribution in [3.63, 3.8) is 0 Å². The standard InChI is InChI=1S/C19H22N2O/c1-3-15(2)13-21-18-12-8-7-11-17(18)20-19(21)14-22-16-9-5-4-6-10-16/h4-12,15H,3,13-14H2,1-2H3/p+1. The summed E-state index contributed by atoms with van der Waals surface area (Å²) in [5.74, 6) is 2.65. The van der Waals surface area contributed by atoms with Gasteiger partial charge in [-0.2, -0.15) is 0 Å². The first-order chi connectivity index (χ1) is 10.8. The van der Waals surface area contributed by atoms with Crippen molar-refractivity contribution in [2.45, 2.75) is 33.4 Å². The van der Waals surface area contributed by atoms with Gasteiger partial charge in [-0.25, -0.2) is 9.55 Å². The molecule has 1 heterocycles. The number of fused-ring (bicyclic) bond motifs is 1. The first-order valence-corrected chi connectivity index (χ1v) is 7.95. The van der Waals surface area contributed by atoms with E-state index in [-0.39, 0.29) is 0 Å². The summed E-state index contributed by atoms with van der Waals surface area (Å²) in [6, 6.07) is 18.4. The Bertz CT molecular complexity index is 734. The molecule has 0 aliphatic rings. The molecule has 114 valence electrons. The number of aromatic nitrogens is 2. The highest BCUT2D eigenvalue weighted by molar-refractivity contribution is 5.70. The number of hydrogen-bond donors (Lipinski definition) is 1. The largest absolute Gasteiger partial charge is 0.481 e. The van der Waals surface area contributed by atoms with E-state index in [0.29, 0.717) is 12.5 Å². The number of rotatable bonds is 6. The molecule has 3 nitrogen and oxygen atoms in total. The van der Waals surface area contributed by atoms with E-state index >= 15 is 0 Å². The van der Waals surface area contributed by atoms with Crippen molar-refractivity contribution in [2.75, 3.05) is 0 Å². The summed E-state index contributed by atoms with van der Waals surface area (Å²) in [7, 11) is 0. The van der Waals surface area contributed by atoms with Gasteiger partial charge in [-0.15, -0.1) is 0 Å². The van der Waals surface area contributed by atoms with Gasteiger partial charge in [0.05, 0.1) is 6.54 Å². The maximum atomic E-state index is 5.93. The van der Waals surface area contributed by atoms with Crippen LogP contribution in [0.2, 0.25) is 0 Å². The Kier molecular flexibility index (Phi) is 4.42. The quantitative estimate of drug-likeness (QED) is 0.682. The first-order valence-electron chi connectivity index (χ1n) is 7.95. The molecule has 1 atom stereocenters. The summed E-state index contributed by atoms with van der Waals surface area (Å²) in [4.78, 5) is 3.50. The zero-order chi connectivity index (χ0) is 15.4. The van der Waals surface area contributed by atoms with E-state index in [2.05, 4.69) is 47.7 Å². The van der Waals surface area contributed by atoms with Crippen LogP contribution in [0.1, 0.15) is 26.1 Å². The van der Waals surface area contributed by atoms with Crippen LogP contribution in [0.4, 0.5) is 0 Å². The maximum absolute atomic E-state index is 5.93. The molecule has 0 radical (unpaired) electrons. The van der Waals surface area contributed by atoms with Crippen LogP contribution in [-0.2, 0) is 13.2 Å². The lowest BCUT2D eigenvalue weighted by atomic mass is 10.1. The van der Waals surface area contributed by atoms with Crippen molar-refractivity contribution in [1.82, 2.24) is 4.98 Å². The van der Waals surface area contributed by atoms with Gasteiger partial charge in [0.25, 0.3) is 5.82 Å². The normalized spacial score (nSPS) is 12.5. The maximum Gasteiger partial charge on any atom is 0.293 e. The van der Waals surface area contributed by atoms with Crippen LogP contribution in [0, 0.1) is 5.92 Å². The number of benzene rings is 2. The number of ether oxygens (including phenoxy) is 1. The number of nitrogens with zero attached hydrogens (tertiary/aromatic N) is 1. The number of aromatic amines is 1. The van der Waals surface area contributed by atoms with Crippen molar-refractivity contribution in [1.29, 1.82) is 0 Å². The van der Waals surface area contributed by atoms with Crippen molar-refractivity contribution in [2.24, 2.45) is 5.92 Å². The third-order valence-electron chi connectivity index (χ3n) is 4.11. The third-order valence-corrected chi connectivity index (χ3v) is 4.11. The molecule has 3 heteroatoms. The van der Waals surface area contributed by atoms with Crippen LogP contribution in [-0.4, -0.2) is 4.98 Å². The number of imidazole rings is 1. The van der Waals surface area contributed by atoms with E-state index in [1.807, 2.05) is 30.3 Å². The Hall–Kier alpha value is -2.29. The zero-order valence-corrected chi connectivity index (χ0v) is 13.3. The molecule has 1 aromatic heterocycles. The molecule has 0 spiro atoms. The molecule has 0 amide bonds. The van der Waals surface area contributed by atoms with Crippen LogP contribution >= 0.6 is 0 Å². The van der Waals surface area contributed by atoms with Gasteiger partial charge in [-0.1, -0.05) is 44.2 Å². The van der Waals surface area contributed by atoms with E-state index in [0.717, 1.165) is 23.6 Å². The molecule has 1 N–H and O–H groups in total. The summed E-state index contributed by atoms with van der Waals surface area (Å²) in [5, 5.41) is 0. The minimum atomic E-state index is 0.551. The highest BCUT2D eigenvalue weighted by Crippen LogP contribution is 2.14. The van der Waals surface area contributed by atoms with Gasteiger partial charge in [0, 0.05) is 0 Å². The van der Waals surface area contributed by atoms with Crippen molar-refractivity contribution >= 4 is 11.0 Å². The second-order valence-corrected chi connectivity index (χ2v) is 5.81. The van der Waals surface area contributed by atoms with E-state index in [1.165, 1.54) is 11.9 Å². The van der Waals surface area contributed by atoms with E-state index in [9.17, 15) is 0 Å². The Balaban J connectivity index is 1.88. The SMILES string of the molecule is CCC(C)C[n+]1c(COc2ccccc2)[nH]c2ccccc21. The lowest BCUT2D eigenvalue weighted by Gasteiger charge is -2.08. The smallest absolute Gasteiger partial charge is 0.293 e. The molecule has 3 aromatic rings. The van der Waals surface area contributed by atoms with Crippen LogP contribution in [0.5, 0.6) is 5.75 Å². The lowest BCUT2D eigenvalue weighted by molar-refractivity contribution is -0.686. The number of hydrogen-bond acceptors (Lipinski definition) is 1. The fourth-order valence-electron chi connectivity index (χ4n) is 2.61. The van der Waals surface area contributed by atoms with Gasteiger partial charge in [0.2, 0.25) is 0 Å². The molecule has 0 bridgehead atoms. The molecule has 0 saturated carbocycles. The first kappa shape index (κ1) is 14.6. The Labute approximate surface area is 131 Å². The van der Waals surface area contributed by atoms with Crippen LogP contribution in [0.25, 0.3) is 11.0 Å². The summed E-state index contributed by atoms with van der Waals surface area (Å²) in [5.41, 5.74) is 2.41. The van der Waals surface area contributed by atoms with Gasteiger partial charge in [-0.05, 0) is 36.6 Å². The topological polar surface area (TPSA) is 28.9 Å². The van der Waals surface area contributed by atoms with Crippen molar-refractivity contribution in [3.05, 3.63) is 60.4 Å². The average molecular weight is 295 g/mol. The van der Waals surface area contributed by atoms with Crippen LogP contribution < -0.4 is 9.30 Å². The second kappa shape index (κ2) is 6.65. The van der Waals surface area contributed by atoms with E-state index in [4.69, 9.17) is 4.74 Å². The monoisotopic (exact) mass is 295 g/mol. The molecule has 3 rings (SSSR count). The predicted octanol–water partition coefficient (Wildman–Crippen LogP) is 4.08. The average Bonchev–Trinajstić information content (AvgIpc) is 2.91. The lowest BCUT2D eigenvalue weighted by Crippen LogP contribution is -2.40. The summed E-state index contributed by atoms with van der Waals surface area (Å²) in [6.45, 7) is 6.08. The van der Waals surface area contributed by atoms with E-state index < -0.39 is 0 Å². The Morgan fingerprint density at radius 3 is 2.55 bits per heavy atom. The summed E-state index contributed by atoms with van der Waals surface area (Å²) in [6.07, 6.45) is 1.17. The second-order valence-electron chi connectivity index (χ2n) is 5.81. The van der Waals surface area contributed by atoms with Gasteiger partial charge in [-0.3, -0.25) is 0 Å². The predicted molar refractivity (Wildman–Crippen MR) is 88.7 cm³/mol. The molecule has 0 aliphatic heterocycles. The van der Waals surface area contributed by atoms with Gasteiger partial charge in [0.1, 0.15) is 5.75 Å². The Morgan fingerprint density at radius 1 is 1.05 bits per heavy atom. The minimum absolute atomic E-state index is 0.551. The summed E-state index contributed by atoms with van der Waals surface area (Å²) < 4.78 is 8.28. The molecule has 22 heavy (non-hydrogen) atoms. The number of para-hydroxylation sites is 3.